The van der Waals surface area contributed by atoms with Crippen LogP contribution in [0.15, 0.2) is 18.2 Å². The summed E-state index contributed by atoms with van der Waals surface area (Å²) >= 11 is 11.8. The Morgan fingerprint density at radius 3 is 2.86 bits per heavy atom. The van der Waals surface area contributed by atoms with Crippen LogP contribution in [0, 0.1) is 0 Å². The second kappa shape index (κ2) is 7.81. The van der Waals surface area contributed by atoms with Crippen molar-refractivity contribution in [3.05, 3.63) is 28.2 Å². The Bertz CT molecular complexity index is 566. The van der Waals surface area contributed by atoms with Crippen molar-refractivity contribution < 1.29 is 9.59 Å². The van der Waals surface area contributed by atoms with Crippen LogP contribution in [0.4, 0.5) is 5.69 Å². The Balaban J connectivity index is 1.88. The fourth-order valence-electron chi connectivity index (χ4n) is 2.39. The van der Waals surface area contributed by atoms with Crippen LogP contribution in [0.3, 0.4) is 0 Å². The van der Waals surface area contributed by atoms with Gasteiger partial charge >= 0.3 is 0 Å². The Morgan fingerprint density at radius 1 is 1.45 bits per heavy atom. The molecule has 7 heteroatoms. The molecule has 2 N–H and O–H groups in total. The largest absolute Gasteiger partial charge is 0.323 e. The molecule has 0 spiro atoms. The fraction of sp³-hybridized carbons (Fsp3) is 0.467. The first-order valence-corrected chi connectivity index (χ1v) is 8.01. The zero-order valence-corrected chi connectivity index (χ0v) is 13.9. The molecule has 120 valence electrons. The number of carbonyl (C=O) groups is 2. The first-order chi connectivity index (χ1) is 10.5. The third kappa shape index (κ3) is 4.60. The van der Waals surface area contributed by atoms with Crippen LogP contribution in [0.1, 0.15) is 26.2 Å². The second-order valence-corrected chi connectivity index (χ2v) is 6.16. The summed E-state index contributed by atoms with van der Waals surface area (Å²) in [5, 5.41) is 6.83. The molecule has 0 radical (unpaired) electrons. The van der Waals surface area contributed by atoms with E-state index in [1.165, 1.54) is 4.90 Å². The number of carbonyl (C=O) groups excluding carboxylic acids is 2. The highest BCUT2D eigenvalue weighted by Gasteiger charge is 2.26. The molecule has 0 aromatic heterocycles. The zero-order valence-electron chi connectivity index (χ0n) is 12.4. The SMILES string of the molecule is CCCC1CC(=O)N(CC(=O)Nc2ccc(Cl)cc2Cl)CN1. The Hall–Kier alpha value is -1.30. The number of hydrogen-bond donors (Lipinski definition) is 2. The molecule has 5 nitrogen and oxygen atoms in total. The van der Waals surface area contributed by atoms with Gasteiger partial charge in [0.1, 0.15) is 6.54 Å². The van der Waals surface area contributed by atoms with E-state index in [1.807, 2.05) is 0 Å². The van der Waals surface area contributed by atoms with E-state index in [2.05, 4.69) is 17.6 Å². The van der Waals surface area contributed by atoms with Crippen LogP contribution in [0.25, 0.3) is 0 Å². The van der Waals surface area contributed by atoms with Crippen molar-refractivity contribution in [2.45, 2.75) is 32.2 Å². The maximum Gasteiger partial charge on any atom is 0.244 e. The van der Waals surface area contributed by atoms with E-state index >= 15 is 0 Å². The van der Waals surface area contributed by atoms with Crippen molar-refractivity contribution in [2.24, 2.45) is 0 Å². The quantitative estimate of drug-likeness (QED) is 0.863. The molecule has 2 rings (SSSR count). The minimum absolute atomic E-state index is 0.00360. The lowest BCUT2D eigenvalue weighted by molar-refractivity contribution is -0.138. The highest BCUT2D eigenvalue weighted by atomic mass is 35.5. The van der Waals surface area contributed by atoms with Gasteiger partial charge in [-0.2, -0.15) is 0 Å². The summed E-state index contributed by atoms with van der Waals surface area (Å²) in [6.45, 7) is 2.48. The molecule has 0 aliphatic carbocycles. The molecule has 2 amide bonds. The highest BCUT2D eigenvalue weighted by molar-refractivity contribution is 6.36. The number of amides is 2. The molecule has 1 heterocycles. The van der Waals surface area contributed by atoms with Crippen LogP contribution < -0.4 is 10.6 Å². The predicted octanol–water partition coefficient (Wildman–Crippen LogP) is 2.88. The van der Waals surface area contributed by atoms with Crippen molar-refractivity contribution in [1.29, 1.82) is 0 Å². The fourth-order valence-corrected chi connectivity index (χ4v) is 2.85. The lowest BCUT2D eigenvalue weighted by atomic mass is 10.1. The Kier molecular flexibility index (Phi) is 6.06. The van der Waals surface area contributed by atoms with Crippen molar-refractivity contribution in [2.75, 3.05) is 18.5 Å². The first-order valence-electron chi connectivity index (χ1n) is 7.25. The van der Waals surface area contributed by atoms with Gasteiger partial charge in [-0.1, -0.05) is 36.5 Å². The number of nitrogens with one attached hydrogen (secondary N) is 2. The van der Waals surface area contributed by atoms with Gasteiger partial charge in [0.05, 0.1) is 17.4 Å². The number of hydrogen-bond acceptors (Lipinski definition) is 3. The summed E-state index contributed by atoms with van der Waals surface area (Å²) < 4.78 is 0. The van der Waals surface area contributed by atoms with Gasteiger partial charge in [0, 0.05) is 17.5 Å². The third-order valence-electron chi connectivity index (χ3n) is 3.52. The maximum atomic E-state index is 12.0. The van der Waals surface area contributed by atoms with Crippen LogP contribution in [0.5, 0.6) is 0 Å². The van der Waals surface area contributed by atoms with Crippen molar-refractivity contribution in [3.8, 4) is 0 Å². The molecule has 1 aromatic rings. The molecule has 1 unspecified atom stereocenters. The summed E-state index contributed by atoms with van der Waals surface area (Å²) in [4.78, 5) is 25.6. The van der Waals surface area contributed by atoms with Crippen molar-refractivity contribution >= 4 is 40.7 Å². The molecule has 1 aliphatic heterocycles. The van der Waals surface area contributed by atoms with Crippen LogP contribution in [-0.2, 0) is 9.59 Å². The number of nitrogens with zero attached hydrogens (tertiary/aromatic N) is 1. The molecule has 1 atom stereocenters. The highest BCUT2D eigenvalue weighted by Crippen LogP contribution is 2.25. The van der Waals surface area contributed by atoms with E-state index in [9.17, 15) is 9.59 Å². The van der Waals surface area contributed by atoms with E-state index in [-0.39, 0.29) is 24.4 Å². The van der Waals surface area contributed by atoms with Gasteiger partial charge in [0.25, 0.3) is 0 Å². The number of anilines is 1. The molecule has 1 aromatic carbocycles. The smallest absolute Gasteiger partial charge is 0.244 e. The van der Waals surface area contributed by atoms with E-state index in [0.717, 1.165) is 12.8 Å². The van der Waals surface area contributed by atoms with Gasteiger partial charge in [-0.25, -0.2) is 0 Å². The Labute approximate surface area is 139 Å². The second-order valence-electron chi connectivity index (χ2n) is 5.32. The van der Waals surface area contributed by atoms with Gasteiger partial charge in [0.15, 0.2) is 0 Å². The van der Waals surface area contributed by atoms with E-state index < -0.39 is 0 Å². The first kappa shape index (κ1) is 17.1. The van der Waals surface area contributed by atoms with Crippen molar-refractivity contribution in [1.82, 2.24) is 10.2 Å². The molecule has 0 bridgehead atoms. The molecule has 22 heavy (non-hydrogen) atoms. The van der Waals surface area contributed by atoms with Crippen LogP contribution in [0.2, 0.25) is 10.0 Å². The summed E-state index contributed by atoms with van der Waals surface area (Å²) in [6.07, 6.45) is 2.43. The van der Waals surface area contributed by atoms with Gasteiger partial charge in [-0.3, -0.25) is 14.9 Å². The predicted molar refractivity (Wildman–Crippen MR) is 88.1 cm³/mol. The van der Waals surface area contributed by atoms with Crippen LogP contribution in [-0.4, -0.2) is 36.0 Å². The molecular weight excluding hydrogens is 325 g/mol. The summed E-state index contributed by atoms with van der Waals surface area (Å²) in [5.41, 5.74) is 0.484. The summed E-state index contributed by atoms with van der Waals surface area (Å²) in [6, 6.07) is 5.05. The third-order valence-corrected chi connectivity index (χ3v) is 4.07. The van der Waals surface area contributed by atoms with Gasteiger partial charge in [0.2, 0.25) is 11.8 Å². The molecule has 1 fully saturated rings. The average Bonchev–Trinajstić information content (AvgIpc) is 2.45. The summed E-state index contributed by atoms with van der Waals surface area (Å²) in [5.74, 6) is -0.289. The van der Waals surface area contributed by atoms with Gasteiger partial charge in [-0.05, 0) is 24.6 Å². The maximum absolute atomic E-state index is 12.0. The molecule has 1 saturated heterocycles. The number of benzene rings is 1. The zero-order chi connectivity index (χ0) is 16.1. The lowest BCUT2D eigenvalue weighted by Gasteiger charge is -2.32. The van der Waals surface area contributed by atoms with E-state index in [4.69, 9.17) is 23.2 Å². The van der Waals surface area contributed by atoms with Crippen molar-refractivity contribution in [3.63, 3.8) is 0 Å². The number of halogens is 2. The van der Waals surface area contributed by atoms with E-state index in [0.29, 0.717) is 28.8 Å². The average molecular weight is 344 g/mol. The minimum atomic E-state index is -0.284. The number of rotatable bonds is 5. The lowest BCUT2D eigenvalue weighted by Crippen LogP contribution is -2.52. The van der Waals surface area contributed by atoms with Gasteiger partial charge in [-0.15, -0.1) is 0 Å². The molecule has 1 aliphatic rings. The normalized spacial score (nSPS) is 18.4. The van der Waals surface area contributed by atoms with Crippen LogP contribution >= 0.6 is 23.2 Å². The Morgan fingerprint density at radius 2 is 2.23 bits per heavy atom. The monoisotopic (exact) mass is 343 g/mol. The standard InChI is InChI=1S/C15H19Cl2N3O2/c1-2-3-11-7-15(22)20(9-18-11)8-14(21)19-13-5-4-10(16)6-12(13)17/h4-6,11,18H,2-3,7-9H2,1H3,(H,19,21). The molecular formula is C15H19Cl2N3O2. The van der Waals surface area contributed by atoms with E-state index in [1.54, 1.807) is 18.2 Å². The van der Waals surface area contributed by atoms with Gasteiger partial charge < -0.3 is 10.2 Å². The topological polar surface area (TPSA) is 61.4 Å². The summed E-state index contributed by atoms with van der Waals surface area (Å²) in [7, 11) is 0. The minimum Gasteiger partial charge on any atom is -0.323 e. The molecule has 0 saturated carbocycles.